The summed E-state index contributed by atoms with van der Waals surface area (Å²) in [6.07, 6.45) is 2.37. The highest BCUT2D eigenvalue weighted by atomic mass is 16.4. The van der Waals surface area contributed by atoms with Crippen LogP contribution in [0.1, 0.15) is 45.1 Å². The lowest BCUT2D eigenvalue weighted by Gasteiger charge is -2.25. The smallest absolute Gasteiger partial charge is 0.319 e. The normalized spacial score (nSPS) is 14.2. The zero-order valence-corrected chi connectivity index (χ0v) is 13.9. The monoisotopic (exact) mass is 333 g/mol. The largest absolute Gasteiger partial charge is 0.481 e. The molecule has 24 heavy (non-hydrogen) atoms. The van der Waals surface area contributed by atoms with Crippen LogP contribution in [0.3, 0.4) is 0 Å². The Morgan fingerprint density at radius 1 is 1.29 bits per heavy atom. The summed E-state index contributed by atoms with van der Waals surface area (Å²) >= 11 is 0. The first-order valence-corrected chi connectivity index (χ1v) is 7.99. The second-order valence-electron chi connectivity index (χ2n) is 6.63. The molecule has 0 unspecified atom stereocenters. The van der Waals surface area contributed by atoms with Gasteiger partial charge in [0.1, 0.15) is 0 Å². The molecule has 0 spiro atoms. The number of aliphatic carboxylic acids is 1. The van der Waals surface area contributed by atoms with Gasteiger partial charge in [0.25, 0.3) is 0 Å². The minimum atomic E-state index is -0.891. The SMILES string of the molecule is CC(C)(CCC(=O)O)NC(=O)Nc1ccc2c(c1)CCCC(=O)N2. The highest BCUT2D eigenvalue weighted by Gasteiger charge is 2.22. The van der Waals surface area contributed by atoms with Crippen LogP contribution in [0.5, 0.6) is 0 Å². The van der Waals surface area contributed by atoms with Gasteiger partial charge in [-0.3, -0.25) is 9.59 Å². The molecular weight excluding hydrogens is 310 g/mol. The molecule has 0 saturated heterocycles. The number of anilines is 2. The van der Waals surface area contributed by atoms with Gasteiger partial charge >= 0.3 is 12.0 Å². The predicted molar refractivity (Wildman–Crippen MR) is 91.1 cm³/mol. The molecule has 7 heteroatoms. The lowest BCUT2D eigenvalue weighted by molar-refractivity contribution is -0.137. The van der Waals surface area contributed by atoms with Gasteiger partial charge in [0.05, 0.1) is 0 Å². The van der Waals surface area contributed by atoms with Crippen LogP contribution in [0.4, 0.5) is 16.2 Å². The van der Waals surface area contributed by atoms with E-state index in [-0.39, 0.29) is 18.4 Å². The van der Waals surface area contributed by atoms with E-state index in [1.807, 2.05) is 6.07 Å². The van der Waals surface area contributed by atoms with Crippen molar-refractivity contribution in [1.29, 1.82) is 0 Å². The van der Waals surface area contributed by atoms with Gasteiger partial charge in [-0.15, -0.1) is 0 Å². The summed E-state index contributed by atoms with van der Waals surface area (Å²) < 4.78 is 0. The van der Waals surface area contributed by atoms with Crippen LogP contribution in [0.25, 0.3) is 0 Å². The third-order valence-corrected chi connectivity index (χ3v) is 3.90. The number of amides is 3. The van der Waals surface area contributed by atoms with Gasteiger partial charge in [0.15, 0.2) is 0 Å². The van der Waals surface area contributed by atoms with Crippen molar-refractivity contribution in [3.63, 3.8) is 0 Å². The van der Waals surface area contributed by atoms with Gasteiger partial charge in [-0.25, -0.2) is 4.79 Å². The molecule has 0 bridgehead atoms. The molecule has 1 aromatic carbocycles. The maximum absolute atomic E-state index is 12.1. The Balaban J connectivity index is 1.98. The maximum atomic E-state index is 12.1. The van der Waals surface area contributed by atoms with E-state index in [2.05, 4.69) is 16.0 Å². The molecule has 0 saturated carbocycles. The van der Waals surface area contributed by atoms with Crippen LogP contribution < -0.4 is 16.0 Å². The van der Waals surface area contributed by atoms with Crippen molar-refractivity contribution in [2.24, 2.45) is 0 Å². The molecule has 4 N–H and O–H groups in total. The molecule has 0 atom stereocenters. The van der Waals surface area contributed by atoms with Crippen molar-refractivity contribution in [3.8, 4) is 0 Å². The molecule has 0 aromatic heterocycles. The molecule has 0 radical (unpaired) electrons. The molecule has 2 rings (SSSR count). The number of carboxylic acid groups (broad SMARTS) is 1. The number of hydrogen-bond acceptors (Lipinski definition) is 3. The van der Waals surface area contributed by atoms with E-state index in [1.165, 1.54) is 0 Å². The van der Waals surface area contributed by atoms with Crippen LogP contribution in [-0.4, -0.2) is 28.6 Å². The summed E-state index contributed by atoms with van der Waals surface area (Å²) in [5.74, 6) is -0.884. The van der Waals surface area contributed by atoms with Gasteiger partial charge in [-0.05, 0) is 56.9 Å². The molecule has 3 amide bonds. The second kappa shape index (κ2) is 7.33. The molecule has 1 aromatic rings. The second-order valence-corrected chi connectivity index (χ2v) is 6.63. The van der Waals surface area contributed by atoms with Crippen molar-refractivity contribution in [3.05, 3.63) is 23.8 Å². The summed E-state index contributed by atoms with van der Waals surface area (Å²) in [6, 6.07) is 4.98. The number of carboxylic acids is 1. The number of rotatable bonds is 5. The van der Waals surface area contributed by atoms with Gasteiger partial charge < -0.3 is 21.1 Å². The van der Waals surface area contributed by atoms with Gasteiger partial charge in [0, 0.05) is 29.8 Å². The third-order valence-electron chi connectivity index (χ3n) is 3.90. The van der Waals surface area contributed by atoms with Crippen molar-refractivity contribution in [2.45, 2.75) is 51.5 Å². The number of urea groups is 1. The highest BCUT2D eigenvalue weighted by molar-refractivity contribution is 5.94. The van der Waals surface area contributed by atoms with Gasteiger partial charge in [-0.1, -0.05) is 0 Å². The lowest BCUT2D eigenvalue weighted by Crippen LogP contribution is -2.45. The van der Waals surface area contributed by atoms with Crippen molar-refractivity contribution in [2.75, 3.05) is 10.6 Å². The Morgan fingerprint density at radius 2 is 2.04 bits per heavy atom. The Morgan fingerprint density at radius 3 is 2.75 bits per heavy atom. The number of aryl methyl sites for hydroxylation is 1. The summed E-state index contributed by atoms with van der Waals surface area (Å²) in [5, 5.41) is 17.1. The van der Waals surface area contributed by atoms with Crippen molar-refractivity contribution >= 4 is 29.3 Å². The minimum Gasteiger partial charge on any atom is -0.481 e. The Kier molecular flexibility index (Phi) is 5.43. The number of hydrogen-bond donors (Lipinski definition) is 4. The van der Waals surface area contributed by atoms with Crippen LogP contribution in [0.2, 0.25) is 0 Å². The van der Waals surface area contributed by atoms with E-state index in [9.17, 15) is 14.4 Å². The molecule has 1 aliphatic rings. The number of fused-ring (bicyclic) bond motifs is 1. The van der Waals surface area contributed by atoms with Crippen LogP contribution in [0, 0.1) is 0 Å². The van der Waals surface area contributed by atoms with E-state index in [0.717, 1.165) is 24.1 Å². The fourth-order valence-corrected chi connectivity index (χ4v) is 2.60. The summed E-state index contributed by atoms with van der Waals surface area (Å²) in [7, 11) is 0. The van der Waals surface area contributed by atoms with Crippen molar-refractivity contribution in [1.82, 2.24) is 5.32 Å². The summed E-state index contributed by atoms with van der Waals surface area (Å²) in [6.45, 7) is 3.56. The zero-order valence-electron chi connectivity index (χ0n) is 13.9. The van der Waals surface area contributed by atoms with Gasteiger partial charge in [0.2, 0.25) is 5.91 Å². The number of carbonyl (C=O) groups excluding carboxylic acids is 2. The van der Waals surface area contributed by atoms with Crippen LogP contribution in [0.15, 0.2) is 18.2 Å². The average molecular weight is 333 g/mol. The molecular formula is C17H23N3O4. The van der Waals surface area contributed by atoms with E-state index >= 15 is 0 Å². The molecule has 0 fully saturated rings. The Bertz CT molecular complexity index is 655. The zero-order chi connectivity index (χ0) is 17.7. The average Bonchev–Trinajstić information content (AvgIpc) is 2.65. The van der Waals surface area contributed by atoms with E-state index in [1.54, 1.807) is 26.0 Å². The quantitative estimate of drug-likeness (QED) is 0.664. The fourth-order valence-electron chi connectivity index (χ4n) is 2.60. The maximum Gasteiger partial charge on any atom is 0.319 e. The van der Waals surface area contributed by atoms with Crippen LogP contribution >= 0.6 is 0 Å². The lowest BCUT2D eigenvalue weighted by atomic mass is 9.99. The number of benzene rings is 1. The van der Waals surface area contributed by atoms with E-state index in [4.69, 9.17) is 5.11 Å². The molecule has 0 aliphatic carbocycles. The summed E-state index contributed by atoms with van der Waals surface area (Å²) in [5.41, 5.74) is 1.78. The molecule has 130 valence electrons. The predicted octanol–water partition coefficient (Wildman–Crippen LogP) is 2.73. The van der Waals surface area contributed by atoms with Gasteiger partial charge in [-0.2, -0.15) is 0 Å². The van der Waals surface area contributed by atoms with E-state index < -0.39 is 11.5 Å². The first-order chi connectivity index (χ1) is 11.2. The standard InChI is InChI=1S/C17H23N3O4/c1-17(2,9-8-15(22)23)20-16(24)18-12-6-7-13-11(10-12)4-3-5-14(21)19-13/h6-7,10H,3-5,8-9H2,1-2H3,(H,19,21)(H,22,23)(H2,18,20,24). The molecule has 1 heterocycles. The topological polar surface area (TPSA) is 108 Å². The third kappa shape index (κ3) is 5.26. The Labute approximate surface area is 140 Å². The van der Waals surface area contributed by atoms with Crippen LogP contribution in [-0.2, 0) is 16.0 Å². The van der Waals surface area contributed by atoms with Crippen molar-refractivity contribution < 1.29 is 19.5 Å². The number of carbonyl (C=O) groups is 3. The number of nitrogens with one attached hydrogen (secondary N) is 3. The molecule has 7 nitrogen and oxygen atoms in total. The first kappa shape index (κ1) is 17.8. The highest BCUT2D eigenvalue weighted by Crippen LogP contribution is 2.25. The summed E-state index contributed by atoms with van der Waals surface area (Å²) in [4.78, 5) is 34.3. The van der Waals surface area contributed by atoms with E-state index in [0.29, 0.717) is 18.5 Å². The molecule has 1 aliphatic heterocycles. The minimum absolute atomic E-state index is 0.00684. The first-order valence-electron chi connectivity index (χ1n) is 7.99. The Hall–Kier alpha value is -2.57. The fraction of sp³-hybridized carbons (Fsp3) is 0.471.